The molecule has 0 aliphatic heterocycles. The monoisotopic (exact) mass is 196 g/mol. The summed E-state index contributed by atoms with van der Waals surface area (Å²) in [5.41, 5.74) is 0.220. The lowest BCUT2D eigenvalue weighted by Crippen LogP contribution is -2.45. The minimum atomic E-state index is 0.105. The molecule has 0 unspecified atom stereocenters. The number of hydrogen-bond acceptors (Lipinski definition) is 2. The summed E-state index contributed by atoms with van der Waals surface area (Å²) in [6.45, 7) is 0.620. The van der Waals surface area contributed by atoms with Crippen LogP contribution >= 0.6 is 0 Å². The summed E-state index contributed by atoms with van der Waals surface area (Å²) >= 11 is 0. The van der Waals surface area contributed by atoms with Gasteiger partial charge in [-0.3, -0.25) is 0 Å². The lowest BCUT2D eigenvalue weighted by atomic mass is 9.60. The first kappa shape index (κ1) is 9.17. The van der Waals surface area contributed by atoms with Crippen LogP contribution in [0.15, 0.2) is 0 Å². The number of hydrogen-bond donors (Lipinski definition) is 2. The predicted octanol–water partition coefficient (Wildman–Crippen LogP) is 1.56. The van der Waals surface area contributed by atoms with Crippen LogP contribution in [0, 0.1) is 22.7 Å². The minimum Gasteiger partial charge on any atom is -0.396 e. The average molecular weight is 196 g/mol. The van der Waals surface area contributed by atoms with Crippen LogP contribution in [0.4, 0.5) is 0 Å². The molecule has 0 radical (unpaired) electrons. The normalized spacial score (nSPS) is 55.3. The molecule has 0 heterocycles. The van der Waals surface area contributed by atoms with Crippen LogP contribution in [0.2, 0.25) is 0 Å². The van der Waals surface area contributed by atoms with E-state index >= 15 is 0 Å². The molecular weight excluding hydrogens is 176 g/mol. The van der Waals surface area contributed by atoms with Crippen LogP contribution in [0.25, 0.3) is 0 Å². The van der Waals surface area contributed by atoms with Crippen molar-refractivity contribution in [3.8, 4) is 0 Å². The van der Waals surface area contributed by atoms with Gasteiger partial charge in [-0.1, -0.05) is 6.42 Å². The molecule has 0 aromatic carbocycles. The van der Waals surface area contributed by atoms with Crippen LogP contribution in [-0.4, -0.2) is 23.4 Å². The number of aliphatic hydroxyl groups is 2. The molecule has 14 heavy (non-hydrogen) atoms. The van der Waals surface area contributed by atoms with Crippen molar-refractivity contribution in [2.75, 3.05) is 13.2 Å². The zero-order chi connectivity index (χ0) is 9.81. The molecule has 80 valence electrons. The van der Waals surface area contributed by atoms with Crippen molar-refractivity contribution in [3.05, 3.63) is 0 Å². The fraction of sp³-hybridized carbons (Fsp3) is 1.00. The van der Waals surface area contributed by atoms with Gasteiger partial charge in [0.15, 0.2) is 0 Å². The maximum atomic E-state index is 9.73. The second kappa shape index (κ2) is 2.73. The van der Waals surface area contributed by atoms with Crippen LogP contribution < -0.4 is 0 Å². The van der Waals surface area contributed by atoms with E-state index in [1.165, 1.54) is 25.7 Å². The third kappa shape index (κ3) is 0.772. The fourth-order valence-corrected chi connectivity index (χ4v) is 5.07. The second-order valence-corrected chi connectivity index (χ2v) is 5.75. The Balaban J connectivity index is 2.04. The Morgan fingerprint density at radius 2 is 1.93 bits per heavy atom. The first-order valence-corrected chi connectivity index (χ1v) is 6.00. The van der Waals surface area contributed by atoms with E-state index in [0.29, 0.717) is 13.2 Å². The largest absolute Gasteiger partial charge is 0.396 e. The summed E-state index contributed by atoms with van der Waals surface area (Å²) in [4.78, 5) is 0. The molecule has 2 bridgehead atoms. The van der Waals surface area contributed by atoms with Crippen LogP contribution in [0.3, 0.4) is 0 Å². The predicted molar refractivity (Wildman–Crippen MR) is 53.7 cm³/mol. The smallest absolute Gasteiger partial charge is 0.0496 e. The maximum absolute atomic E-state index is 9.73. The Labute approximate surface area is 85.3 Å². The van der Waals surface area contributed by atoms with E-state index in [1.807, 2.05) is 0 Å². The number of aliphatic hydroxyl groups excluding tert-OH is 2. The van der Waals surface area contributed by atoms with E-state index in [2.05, 4.69) is 0 Å². The van der Waals surface area contributed by atoms with Gasteiger partial charge in [0.2, 0.25) is 0 Å². The first-order chi connectivity index (χ1) is 6.78. The van der Waals surface area contributed by atoms with Gasteiger partial charge in [-0.05, 0) is 43.9 Å². The number of rotatable bonds is 2. The Morgan fingerprint density at radius 1 is 1.07 bits per heavy atom. The molecule has 3 aliphatic carbocycles. The van der Waals surface area contributed by atoms with Crippen molar-refractivity contribution in [2.24, 2.45) is 22.7 Å². The molecule has 2 N–H and O–H groups in total. The molecule has 0 aromatic heterocycles. The van der Waals surface area contributed by atoms with Crippen molar-refractivity contribution in [3.63, 3.8) is 0 Å². The molecule has 2 nitrogen and oxygen atoms in total. The maximum Gasteiger partial charge on any atom is 0.0496 e. The van der Waals surface area contributed by atoms with Gasteiger partial charge in [0.1, 0.15) is 0 Å². The van der Waals surface area contributed by atoms with E-state index in [0.717, 1.165) is 24.7 Å². The highest BCUT2D eigenvalue weighted by Gasteiger charge is 2.67. The summed E-state index contributed by atoms with van der Waals surface area (Å²) in [6.07, 6.45) is 7.37. The van der Waals surface area contributed by atoms with Crippen LogP contribution in [0.1, 0.15) is 38.5 Å². The first-order valence-electron chi connectivity index (χ1n) is 6.00. The summed E-state index contributed by atoms with van der Waals surface area (Å²) in [6, 6.07) is 0. The van der Waals surface area contributed by atoms with E-state index in [4.69, 9.17) is 0 Å². The van der Waals surface area contributed by atoms with Crippen LogP contribution in [0.5, 0.6) is 0 Å². The van der Waals surface area contributed by atoms with Gasteiger partial charge in [0.05, 0.1) is 0 Å². The highest BCUT2D eigenvalue weighted by molar-refractivity contribution is 5.16. The third-order valence-corrected chi connectivity index (χ3v) is 5.70. The van der Waals surface area contributed by atoms with Crippen LogP contribution in [-0.2, 0) is 0 Å². The molecule has 3 fully saturated rings. The summed E-state index contributed by atoms with van der Waals surface area (Å²) < 4.78 is 0. The van der Waals surface area contributed by atoms with Gasteiger partial charge in [-0.15, -0.1) is 0 Å². The zero-order valence-electron chi connectivity index (χ0n) is 8.71. The van der Waals surface area contributed by atoms with Crippen molar-refractivity contribution in [2.45, 2.75) is 38.5 Å². The molecule has 4 atom stereocenters. The van der Waals surface area contributed by atoms with E-state index in [1.54, 1.807) is 0 Å². The average Bonchev–Trinajstić information content (AvgIpc) is 2.88. The summed E-state index contributed by atoms with van der Waals surface area (Å²) in [5, 5.41) is 19.4. The summed E-state index contributed by atoms with van der Waals surface area (Å²) in [5.74, 6) is 1.55. The van der Waals surface area contributed by atoms with Gasteiger partial charge in [-0.25, -0.2) is 0 Å². The Bertz CT molecular complexity index is 253. The molecule has 0 aromatic rings. The lowest BCUT2D eigenvalue weighted by Gasteiger charge is -2.46. The Kier molecular flexibility index (Phi) is 1.79. The molecule has 2 heteroatoms. The lowest BCUT2D eigenvalue weighted by molar-refractivity contribution is -0.0597. The molecule has 0 saturated heterocycles. The van der Waals surface area contributed by atoms with Crippen molar-refractivity contribution < 1.29 is 10.2 Å². The zero-order valence-corrected chi connectivity index (χ0v) is 8.71. The Hall–Kier alpha value is -0.0800. The highest BCUT2D eigenvalue weighted by Crippen LogP contribution is 2.72. The SMILES string of the molecule is OC[C@@]12CC[C@@H](C1)[C@@H]1CCC[C@]12CO. The molecule has 3 saturated carbocycles. The van der Waals surface area contributed by atoms with Gasteiger partial charge in [0.25, 0.3) is 0 Å². The standard InChI is InChI=1S/C12H20O2/c13-7-11-5-3-9(6-11)10-2-1-4-12(10,11)8-14/h9-10,13-14H,1-8H2/t9-,10-,11+,12-/m0/s1. The minimum absolute atomic E-state index is 0.105. The van der Waals surface area contributed by atoms with Crippen molar-refractivity contribution in [1.29, 1.82) is 0 Å². The molecular formula is C12H20O2. The van der Waals surface area contributed by atoms with Gasteiger partial charge < -0.3 is 10.2 Å². The molecule has 0 amide bonds. The van der Waals surface area contributed by atoms with E-state index in [9.17, 15) is 10.2 Å². The van der Waals surface area contributed by atoms with E-state index < -0.39 is 0 Å². The fourth-order valence-electron chi connectivity index (χ4n) is 5.07. The topological polar surface area (TPSA) is 40.5 Å². The molecule has 3 rings (SSSR count). The van der Waals surface area contributed by atoms with Gasteiger partial charge in [0, 0.05) is 24.0 Å². The number of fused-ring (bicyclic) bond motifs is 5. The van der Waals surface area contributed by atoms with Gasteiger partial charge >= 0.3 is 0 Å². The third-order valence-electron chi connectivity index (χ3n) is 5.70. The van der Waals surface area contributed by atoms with E-state index in [-0.39, 0.29) is 10.8 Å². The van der Waals surface area contributed by atoms with Gasteiger partial charge in [-0.2, -0.15) is 0 Å². The molecule has 0 spiro atoms. The van der Waals surface area contributed by atoms with Crippen molar-refractivity contribution >= 4 is 0 Å². The summed E-state index contributed by atoms with van der Waals surface area (Å²) in [7, 11) is 0. The highest BCUT2D eigenvalue weighted by atomic mass is 16.3. The second-order valence-electron chi connectivity index (χ2n) is 5.75. The Morgan fingerprint density at radius 3 is 2.64 bits per heavy atom. The van der Waals surface area contributed by atoms with Crippen molar-refractivity contribution in [1.82, 2.24) is 0 Å². The quantitative estimate of drug-likeness (QED) is 0.703. The molecule has 3 aliphatic rings.